The van der Waals surface area contributed by atoms with Crippen LogP contribution in [0.3, 0.4) is 0 Å². The van der Waals surface area contributed by atoms with Crippen molar-refractivity contribution in [2.24, 2.45) is 5.73 Å². The second-order valence-corrected chi connectivity index (χ2v) is 7.71. The fraction of sp³-hybridized carbons (Fsp3) is 0.769. The molecule has 2 N–H and O–H groups in total. The summed E-state index contributed by atoms with van der Waals surface area (Å²) in [5.74, 6) is 1.03. The van der Waals surface area contributed by atoms with Gasteiger partial charge in [-0.3, -0.25) is 0 Å². The summed E-state index contributed by atoms with van der Waals surface area (Å²) in [6.45, 7) is 4.45. The first-order valence-corrected chi connectivity index (χ1v) is 8.38. The predicted octanol–water partition coefficient (Wildman–Crippen LogP) is 3.90. The zero-order chi connectivity index (χ0) is 12.3. The Morgan fingerprint density at radius 3 is 2.76 bits per heavy atom. The van der Waals surface area contributed by atoms with Gasteiger partial charge in [0.05, 0.1) is 11.2 Å². The molecule has 0 amide bonds. The van der Waals surface area contributed by atoms with E-state index in [9.17, 15) is 0 Å². The normalized spacial score (nSPS) is 19.8. The van der Waals surface area contributed by atoms with E-state index in [4.69, 9.17) is 10.7 Å². The highest BCUT2D eigenvalue weighted by Crippen LogP contribution is 2.35. The molecule has 4 heteroatoms. The predicted molar refractivity (Wildman–Crippen MR) is 77.5 cm³/mol. The SMILES string of the molecule is CC(C)SCc1nc(C2(N)CCCCC2)cs1. The third kappa shape index (κ3) is 3.46. The minimum Gasteiger partial charge on any atom is -0.320 e. The molecule has 1 aromatic rings. The van der Waals surface area contributed by atoms with E-state index in [2.05, 4.69) is 19.2 Å². The van der Waals surface area contributed by atoms with E-state index in [0.717, 1.165) is 24.3 Å². The van der Waals surface area contributed by atoms with Crippen molar-refractivity contribution in [3.63, 3.8) is 0 Å². The lowest BCUT2D eigenvalue weighted by atomic mass is 9.81. The van der Waals surface area contributed by atoms with Crippen LogP contribution in [-0.4, -0.2) is 10.2 Å². The standard InChI is InChI=1S/C13H22N2S2/c1-10(2)16-9-12-15-11(8-17-12)13(14)6-4-3-5-7-13/h8,10H,3-7,9,14H2,1-2H3. The fourth-order valence-electron chi connectivity index (χ4n) is 2.28. The van der Waals surface area contributed by atoms with Crippen LogP contribution in [0.5, 0.6) is 0 Å². The zero-order valence-corrected chi connectivity index (χ0v) is 12.4. The van der Waals surface area contributed by atoms with Crippen molar-refractivity contribution in [2.75, 3.05) is 0 Å². The molecule has 2 rings (SSSR count). The van der Waals surface area contributed by atoms with Crippen LogP contribution in [0, 0.1) is 0 Å². The first kappa shape index (κ1) is 13.4. The van der Waals surface area contributed by atoms with Crippen molar-refractivity contribution in [1.82, 2.24) is 4.98 Å². The molecule has 0 aliphatic heterocycles. The Bertz CT molecular complexity index is 354. The van der Waals surface area contributed by atoms with E-state index in [0.29, 0.717) is 5.25 Å². The Kier molecular flexibility index (Phi) is 4.50. The van der Waals surface area contributed by atoms with E-state index in [1.54, 1.807) is 11.3 Å². The average molecular weight is 270 g/mol. The van der Waals surface area contributed by atoms with E-state index < -0.39 is 0 Å². The number of thioether (sulfide) groups is 1. The molecule has 0 spiro atoms. The van der Waals surface area contributed by atoms with Crippen molar-refractivity contribution in [2.45, 2.75) is 62.5 Å². The maximum atomic E-state index is 6.49. The van der Waals surface area contributed by atoms with Gasteiger partial charge in [0, 0.05) is 11.1 Å². The first-order chi connectivity index (χ1) is 8.10. The van der Waals surface area contributed by atoms with Gasteiger partial charge in [0.2, 0.25) is 0 Å². The van der Waals surface area contributed by atoms with E-state index in [-0.39, 0.29) is 5.54 Å². The molecule has 0 unspecified atom stereocenters. The van der Waals surface area contributed by atoms with Gasteiger partial charge in [-0.1, -0.05) is 33.1 Å². The molecular formula is C13H22N2S2. The van der Waals surface area contributed by atoms with Crippen LogP contribution >= 0.6 is 23.1 Å². The monoisotopic (exact) mass is 270 g/mol. The van der Waals surface area contributed by atoms with E-state index in [1.165, 1.54) is 24.3 Å². The first-order valence-electron chi connectivity index (χ1n) is 6.45. The number of hydrogen-bond acceptors (Lipinski definition) is 4. The number of hydrogen-bond donors (Lipinski definition) is 1. The maximum absolute atomic E-state index is 6.49. The smallest absolute Gasteiger partial charge is 0.103 e. The molecule has 1 aliphatic carbocycles. The lowest BCUT2D eigenvalue weighted by molar-refractivity contribution is 0.296. The van der Waals surface area contributed by atoms with Crippen LogP contribution in [-0.2, 0) is 11.3 Å². The Balaban J connectivity index is 2.01. The zero-order valence-electron chi connectivity index (χ0n) is 10.7. The lowest BCUT2D eigenvalue weighted by Crippen LogP contribution is -2.38. The topological polar surface area (TPSA) is 38.9 Å². The molecular weight excluding hydrogens is 248 g/mol. The van der Waals surface area contributed by atoms with Gasteiger partial charge >= 0.3 is 0 Å². The third-order valence-electron chi connectivity index (χ3n) is 3.35. The summed E-state index contributed by atoms with van der Waals surface area (Å²) in [7, 11) is 0. The van der Waals surface area contributed by atoms with Gasteiger partial charge in [-0.15, -0.1) is 11.3 Å². The van der Waals surface area contributed by atoms with Gasteiger partial charge in [-0.05, 0) is 18.1 Å². The molecule has 0 saturated heterocycles. The molecule has 2 nitrogen and oxygen atoms in total. The molecule has 1 heterocycles. The fourth-order valence-corrected chi connectivity index (χ4v) is 3.99. The van der Waals surface area contributed by atoms with Gasteiger partial charge in [0.25, 0.3) is 0 Å². The van der Waals surface area contributed by atoms with Crippen LogP contribution in [0.1, 0.15) is 56.7 Å². The second-order valence-electron chi connectivity index (χ2n) is 5.20. The second kappa shape index (κ2) is 5.72. The Morgan fingerprint density at radius 1 is 1.41 bits per heavy atom. The lowest BCUT2D eigenvalue weighted by Gasteiger charge is -2.31. The van der Waals surface area contributed by atoms with E-state index >= 15 is 0 Å². The van der Waals surface area contributed by atoms with Crippen LogP contribution in [0.25, 0.3) is 0 Å². The summed E-state index contributed by atoms with van der Waals surface area (Å²) >= 11 is 3.72. The minimum atomic E-state index is -0.129. The van der Waals surface area contributed by atoms with Gasteiger partial charge in [-0.2, -0.15) is 11.8 Å². The molecule has 17 heavy (non-hydrogen) atoms. The summed E-state index contributed by atoms with van der Waals surface area (Å²) < 4.78 is 0. The highest BCUT2D eigenvalue weighted by molar-refractivity contribution is 7.99. The number of nitrogens with two attached hydrogens (primary N) is 1. The van der Waals surface area contributed by atoms with Crippen LogP contribution in [0.2, 0.25) is 0 Å². The molecule has 1 saturated carbocycles. The molecule has 96 valence electrons. The highest BCUT2D eigenvalue weighted by Gasteiger charge is 2.31. The van der Waals surface area contributed by atoms with Crippen molar-refractivity contribution in [1.29, 1.82) is 0 Å². The molecule has 1 fully saturated rings. The number of aromatic nitrogens is 1. The Labute approximate surface area is 112 Å². The Hall–Kier alpha value is -0.0600. The molecule has 0 aromatic carbocycles. The van der Waals surface area contributed by atoms with Crippen molar-refractivity contribution in [3.8, 4) is 0 Å². The number of rotatable bonds is 4. The van der Waals surface area contributed by atoms with Crippen molar-refractivity contribution >= 4 is 23.1 Å². The van der Waals surface area contributed by atoms with Crippen molar-refractivity contribution in [3.05, 3.63) is 16.1 Å². The summed E-state index contributed by atoms with van der Waals surface area (Å²) in [5.41, 5.74) is 7.50. The van der Waals surface area contributed by atoms with E-state index in [1.807, 2.05) is 11.8 Å². The molecule has 0 bridgehead atoms. The van der Waals surface area contributed by atoms with Crippen LogP contribution < -0.4 is 5.73 Å². The number of nitrogens with zero attached hydrogens (tertiary/aromatic N) is 1. The largest absolute Gasteiger partial charge is 0.320 e. The third-order valence-corrected chi connectivity index (χ3v) is 5.49. The molecule has 0 radical (unpaired) electrons. The molecule has 1 aromatic heterocycles. The molecule has 1 aliphatic rings. The van der Waals surface area contributed by atoms with Gasteiger partial charge in [0.1, 0.15) is 5.01 Å². The number of thiazole rings is 1. The van der Waals surface area contributed by atoms with Crippen LogP contribution in [0.4, 0.5) is 0 Å². The maximum Gasteiger partial charge on any atom is 0.103 e. The molecule has 0 atom stereocenters. The summed E-state index contributed by atoms with van der Waals surface area (Å²) in [6, 6.07) is 0. The van der Waals surface area contributed by atoms with Gasteiger partial charge < -0.3 is 5.73 Å². The van der Waals surface area contributed by atoms with Crippen molar-refractivity contribution < 1.29 is 0 Å². The summed E-state index contributed by atoms with van der Waals surface area (Å²) in [6.07, 6.45) is 6.05. The Morgan fingerprint density at radius 2 is 2.12 bits per heavy atom. The average Bonchev–Trinajstić information content (AvgIpc) is 2.76. The highest BCUT2D eigenvalue weighted by atomic mass is 32.2. The minimum absolute atomic E-state index is 0.129. The van der Waals surface area contributed by atoms with Gasteiger partial charge in [-0.25, -0.2) is 4.98 Å². The summed E-state index contributed by atoms with van der Waals surface area (Å²) in [4.78, 5) is 4.75. The summed E-state index contributed by atoms with van der Waals surface area (Å²) in [5, 5.41) is 4.08. The van der Waals surface area contributed by atoms with Gasteiger partial charge in [0.15, 0.2) is 0 Å². The quantitative estimate of drug-likeness (QED) is 0.901. The van der Waals surface area contributed by atoms with Crippen LogP contribution in [0.15, 0.2) is 5.38 Å².